The maximum Gasteiger partial charge on any atom is 0.334 e. The molecule has 0 amide bonds. The highest BCUT2D eigenvalue weighted by Gasteiger charge is 2.15. The van der Waals surface area contributed by atoms with Crippen LogP contribution in [0.3, 0.4) is 0 Å². The average Bonchev–Trinajstić information content (AvgIpc) is 2.36. The van der Waals surface area contributed by atoms with Crippen LogP contribution in [0.1, 0.15) is 16.8 Å². The van der Waals surface area contributed by atoms with E-state index in [1.807, 2.05) is 31.2 Å². The van der Waals surface area contributed by atoms with Gasteiger partial charge in [-0.2, -0.15) is 0 Å². The molecular formula is C14H14N2O3. The molecule has 1 aromatic heterocycles. The molecule has 5 nitrogen and oxygen atoms in total. The van der Waals surface area contributed by atoms with Crippen molar-refractivity contribution in [3.8, 4) is 0 Å². The lowest BCUT2D eigenvalue weighted by atomic mass is 10.1. The van der Waals surface area contributed by atoms with Crippen molar-refractivity contribution >= 4 is 5.69 Å². The van der Waals surface area contributed by atoms with Crippen LogP contribution in [-0.2, 0) is 6.54 Å². The number of benzene rings is 1. The molecule has 0 spiro atoms. The van der Waals surface area contributed by atoms with Crippen molar-refractivity contribution < 1.29 is 4.92 Å². The van der Waals surface area contributed by atoms with Crippen LogP contribution >= 0.6 is 0 Å². The Balaban J connectivity index is 2.45. The summed E-state index contributed by atoms with van der Waals surface area (Å²) in [5.41, 5.74) is 1.82. The molecule has 0 atom stereocenters. The molecule has 0 unspecified atom stereocenters. The fraction of sp³-hybridized carbons (Fsp3) is 0.214. The van der Waals surface area contributed by atoms with Crippen LogP contribution in [0, 0.1) is 24.0 Å². The van der Waals surface area contributed by atoms with Gasteiger partial charge in [-0.25, -0.2) is 0 Å². The minimum atomic E-state index is -0.645. The molecule has 19 heavy (non-hydrogen) atoms. The van der Waals surface area contributed by atoms with Gasteiger partial charge in [-0.3, -0.25) is 14.9 Å². The van der Waals surface area contributed by atoms with Gasteiger partial charge in [0.15, 0.2) is 0 Å². The molecule has 0 bridgehead atoms. The molecule has 0 radical (unpaired) electrons. The van der Waals surface area contributed by atoms with Gasteiger partial charge in [0.05, 0.1) is 11.5 Å². The Bertz CT molecular complexity index is 672. The molecular weight excluding hydrogens is 244 g/mol. The smallest absolute Gasteiger partial charge is 0.303 e. The van der Waals surface area contributed by atoms with Crippen molar-refractivity contribution in [1.29, 1.82) is 0 Å². The van der Waals surface area contributed by atoms with E-state index in [0.717, 1.165) is 11.1 Å². The lowest BCUT2D eigenvalue weighted by Gasteiger charge is -2.09. The zero-order valence-corrected chi connectivity index (χ0v) is 10.8. The molecule has 0 saturated carbocycles. The predicted molar refractivity (Wildman–Crippen MR) is 72.4 cm³/mol. The van der Waals surface area contributed by atoms with Gasteiger partial charge in [0.1, 0.15) is 0 Å². The standard InChI is InChI=1S/C14H14N2O3/c1-10-3-6-12(7-4-10)9-15-11(2)5-8-13(14(15)17)16(18)19/h3-8H,9H2,1-2H3. The van der Waals surface area contributed by atoms with Gasteiger partial charge >= 0.3 is 11.2 Å². The fourth-order valence-electron chi connectivity index (χ4n) is 1.87. The third-order valence-corrected chi connectivity index (χ3v) is 3.03. The van der Waals surface area contributed by atoms with Crippen molar-refractivity contribution in [3.63, 3.8) is 0 Å². The first-order chi connectivity index (χ1) is 8.99. The molecule has 0 aliphatic rings. The minimum Gasteiger partial charge on any atom is -0.303 e. The summed E-state index contributed by atoms with van der Waals surface area (Å²) < 4.78 is 1.42. The van der Waals surface area contributed by atoms with Crippen molar-refractivity contribution in [3.05, 3.63) is 73.7 Å². The van der Waals surface area contributed by atoms with Crippen molar-refractivity contribution in [1.82, 2.24) is 4.57 Å². The zero-order chi connectivity index (χ0) is 14.0. The van der Waals surface area contributed by atoms with E-state index >= 15 is 0 Å². The maximum atomic E-state index is 12.0. The van der Waals surface area contributed by atoms with E-state index in [2.05, 4.69) is 0 Å². The molecule has 0 aliphatic carbocycles. The van der Waals surface area contributed by atoms with E-state index < -0.39 is 16.2 Å². The molecule has 2 aromatic rings. The van der Waals surface area contributed by atoms with Crippen molar-refractivity contribution in [2.75, 3.05) is 0 Å². The molecule has 98 valence electrons. The first-order valence-corrected chi connectivity index (χ1v) is 5.89. The van der Waals surface area contributed by atoms with Crippen LogP contribution in [0.2, 0.25) is 0 Å². The van der Waals surface area contributed by atoms with Gasteiger partial charge in [0.2, 0.25) is 0 Å². The Kier molecular flexibility index (Phi) is 3.46. The SMILES string of the molecule is Cc1ccc(Cn2c(C)ccc([N+](=O)[O-])c2=O)cc1. The summed E-state index contributed by atoms with van der Waals surface area (Å²) in [4.78, 5) is 22.2. The Labute approximate surface area is 110 Å². The number of nitro groups is 1. The molecule has 0 N–H and O–H groups in total. The summed E-state index contributed by atoms with van der Waals surface area (Å²) in [6.45, 7) is 4.08. The van der Waals surface area contributed by atoms with Crippen LogP contribution in [0.4, 0.5) is 5.69 Å². The quantitative estimate of drug-likeness (QED) is 0.627. The molecule has 5 heteroatoms. The van der Waals surface area contributed by atoms with Gasteiger partial charge in [-0.1, -0.05) is 29.8 Å². The van der Waals surface area contributed by atoms with E-state index in [4.69, 9.17) is 0 Å². The Morgan fingerprint density at radius 2 is 1.74 bits per heavy atom. The number of aryl methyl sites for hydroxylation is 2. The third kappa shape index (κ3) is 2.70. The molecule has 0 fully saturated rings. The lowest BCUT2D eigenvalue weighted by molar-refractivity contribution is -0.386. The van der Waals surface area contributed by atoms with Gasteiger partial charge in [-0.15, -0.1) is 0 Å². The number of aromatic nitrogens is 1. The molecule has 0 aliphatic heterocycles. The van der Waals surface area contributed by atoms with Crippen LogP contribution in [-0.4, -0.2) is 9.49 Å². The summed E-state index contributed by atoms with van der Waals surface area (Å²) in [6, 6.07) is 10.6. The van der Waals surface area contributed by atoms with E-state index in [1.54, 1.807) is 13.0 Å². The lowest BCUT2D eigenvalue weighted by Crippen LogP contribution is -2.24. The summed E-state index contributed by atoms with van der Waals surface area (Å²) in [5, 5.41) is 10.8. The van der Waals surface area contributed by atoms with Crippen LogP contribution in [0.25, 0.3) is 0 Å². The maximum absolute atomic E-state index is 12.0. The summed E-state index contributed by atoms with van der Waals surface area (Å²) >= 11 is 0. The minimum absolute atomic E-state index is 0.340. The second-order valence-electron chi connectivity index (χ2n) is 4.49. The molecule has 1 aromatic carbocycles. The first kappa shape index (κ1) is 13.0. The monoisotopic (exact) mass is 258 g/mol. The van der Waals surface area contributed by atoms with Crippen molar-refractivity contribution in [2.45, 2.75) is 20.4 Å². The first-order valence-electron chi connectivity index (χ1n) is 5.89. The highest BCUT2D eigenvalue weighted by atomic mass is 16.6. The molecule has 0 saturated heterocycles. The summed E-state index contributed by atoms with van der Waals surface area (Å²) in [5.74, 6) is 0. The number of pyridine rings is 1. The second-order valence-corrected chi connectivity index (χ2v) is 4.49. The number of hydrogen-bond donors (Lipinski definition) is 0. The van der Waals surface area contributed by atoms with E-state index in [-0.39, 0.29) is 0 Å². The average molecular weight is 258 g/mol. The number of rotatable bonds is 3. The topological polar surface area (TPSA) is 65.1 Å². The van der Waals surface area contributed by atoms with Gasteiger partial charge < -0.3 is 4.57 Å². The zero-order valence-electron chi connectivity index (χ0n) is 10.8. The van der Waals surface area contributed by atoms with E-state index in [9.17, 15) is 14.9 Å². The van der Waals surface area contributed by atoms with Crippen LogP contribution in [0.5, 0.6) is 0 Å². The predicted octanol–water partition coefficient (Wildman–Crippen LogP) is 2.42. The van der Waals surface area contributed by atoms with Gasteiger partial charge in [-0.05, 0) is 25.5 Å². The molecule has 2 rings (SSSR count). The normalized spacial score (nSPS) is 10.4. The Hall–Kier alpha value is -2.43. The largest absolute Gasteiger partial charge is 0.334 e. The summed E-state index contributed by atoms with van der Waals surface area (Å²) in [6.07, 6.45) is 0. The van der Waals surface area contributed by atoms with E-state index in [0.29, 0.717) is 12.2 Å². The van der Waals surface area contributed by atoms with Gasteiger partial charge in [0.25, 0.3) is 0 Å². The highest BCUT2D eigenvalue weighted by molar-refractivity contribution is 5.29. The van der Waals surface area contributed by atoms with E-state index in [1.165, 1.54) is 10.6 Å². The Morgan fingerprint density at radius 3 is 2.32 bits per heavy atom. The summed E-state index contributed by atoms with van der Waals surface area (Å²) in [7, 11) is 0. The van der Waals surface area contributed by atoms with Crippen LogP contribution < -0.4 is 5.56 Å². The van der Waals surface area contributed by atoms with Crippen LogP contribution in [0.15, 0.2) is 41.2 Å². The molecule has 1 heterocycles. The number of hydrogen-bond acceptors (Lipinski definition) is 3. The highest BCUT2D eigenvalue weighted by Crippen LogP contribution is 2.09. The van der Waals surface area contributed by atoms with Crippen molar-refractivity contribution in [2.24, 2.45) is 0 Å². The fourth-order valence-corrected chi connectivity index (χ4v) is 1.87. The third-order valence-electron chi connectivity index (χ3n) is 3.03. The second kappa shape index (κ2) is 5.06. The Morgan fingerprint density at radius 1 is 1.11 bits per heavy atom. The number of nitrogens with zero attached hydrogens (tertiary/aromatic N) is 2. The van der Waals surface area contributed by atoms with Gasteiger partial charge in [0, 0.05) is 11.8 Å².